The third-order valence-corrected chi connectivity index (χ3v) is 6.76. The summed E-state index contributed by atoms with van der Waals surface area (Å²) in [5, 5.41) is 0. The van der Waals surface area contributed by atoms with Crippen molar-refractivity contribution in [3.05, 3.63) is 23.8 Å². The van der Waals surface area contributed by atoms with Crippen LogP contribution in [0.15, 0.2) is 23.8 Å². The van der Waals surface area contributed by atoms with Gasteiger partial charge in [-0.15, -0.1) is 0 Å². The van der Waals surface area contributed by atoms with Gasteiger partial charge in [0.15, 0.2) is 0 Å². The van der Waals surface area contributed by atoms with Crippen molar-refractivity contribution in [1.29, 1.82) is 0 Å². The van der Waals surface area contributed by atoms with Crippen molar-refractivity contribution >= 4 is 7.26 Å². The third-order valence-electron chi connectivity index (χ3n) is 3.04. The van der Waals surface area contributed by atoms with Crippen molar-refractivity contribution in [3.8, 4) is 0 Å². The van der Waals surface area contributed by atoms with E-state index in [1.165, 1.54) is 25.7 Å². The minimum atomic E-state index is -0.729. The zero-order valence-electron chi connectivity index (χ0n) is 7.16. The molecule has 0 aromatic carbocycles. The molecule has 0 bridgehead atoms. The van der Waals surface area contributed by atoms with Crippen LogP contribution in [-0.2, 0) is 0 Å². The van der Waals surface area contributed by atoms with Crippen molar-refractivity contribution in [2.45, 2.75) is 31.3 Å². The summed E-state index contributed by atoms with van der Waals surface area (Å²) in [6.45, 7) is 2.48. The number of rotatable bonds is 1. The monoisotopic (exact) mass is 167 g/mol. The zero-order chi connectivity index (χ0) is 7.73. The van der Waals surface area contributed by atoms with E-state index in [1.807, 2.05) is 0 Å². The van der Waals surface area contributed by atoms with Gasteiger partial charge in [-0.3, -0.25) is 0 Å². The summed E-state index contributed by atoms with van der Waals surface area (Å²) < 4.78 is 0. The van der Waals surface area contributed by atoms with Gasteiger partial charge in [0.1, 0.15) is 0 Å². The van der Waals surface area contributed by atoms with Crippen LogP contribution in [0.2, 0.25) is 0 Å². The van der Waals surface area contributed by atoms with Crippen LogP contribution in [0.25, 0.3) is 0 Å². The van der Waals surface area contributed by atoms with Gasteiger partial charge in [-0.05, 0) is 37.8 Å². The Morgan fingerprint density at radius 2 is 1.64 bits per heavy atom. The summed E-state index contributed by atoms with van der Waals surface area (Å²) in [5.41, 5.74) is 1.04. The van der Waals surface area contributed by atoms with E-state index in [-0.39, 0.29) is 0 Å². The first kappa shape index (κ1) is 7.55. The predicted molar refractivity (Wildman–Crippen MR) is 53.4 cm³/mol. The summed E-state index contributed by atoms with van der Waals surface area (Å²) in [6.07, 6.45) is 10.4. The molecule has 1 fully saturated rings. The summed E-state index contributed by atoms with van der Waals surface area (Å²) in [5.74, 6) is 4.95. The highest BCUT2D eigenvalue weighted by molar-refractivity contribution is 7.81. The first-order chi connectivity index (χ1) is 5.31. The lowest BCUT2D eigenvalue weighted by Crippen LogP contribution is -2.02. The average Bonchev–Trinajstić information content (AvgIpc) is 2.55. The van der Waals surface area contributed by atoms with Crippen molar-refractivity contribution in [1.82, 2.24) is 0 Å². The fraction of sp³-hybridized carbons (Fsp3) is 0.600. The van der Waals surface area contributed by atoms with Gasteiger partial charge in [0.25, 0.3) is 0 Å². The Morgan fingerprint density at radius 3 is 2.18 bits per heavy atom. The molecule has 1 heteroatoms. The Hall–Kier alpha value is -0.0900. The molecule has 1 heterocycles. The van der Waals surface area contributed by atoms with Gasteiger partial charge in [-0.1, -0.05) is 0 Å². The molecule has 0 saturated heterocycles. The van der Waals surface area contributed by atoms with E-state index in [0.29, 0.717) is 0 Å². The molecule has 2 aliphatic rings. The van der Waals surface area contributed by atoms with E-state index in [4.69, 9.17) is 0 Å². The first-order valence-electron chi connectivity index (χ1n) is 4.54. The lowest BCUT2D eigenvalue weighted by atomic mass is 10.4. The largest absolute Gasteiger partial charge is 0.0777 e. The maximum atomic E-state index is 2.48. The molecule has 1 saturated carbocycles. The van der Waals surface area contributed by atoms with Crippen molar-refractivity contribution < 1.29 is 0 Å². The van der Waals surface area contributed by atoms with E-state index in [0.717, 1.165) is 5.66 Å². The molecule has 0 amide bonds. The van der Waals surface area contributed by atoms with E-state index >= 15 is 0 Å². The number of hydrogen-bond donors (Lipinski definition) is 0. The Kier molecular flexibility index (Phi) is 1.89. The quantitative estimate of drug-likeness (QED) is 0.523. The highest BCUT2D eigenvalue weighted by atomic mass is 31.2. The van der Waals surface area contributed by atoms with Crippen LogP contribution in [0.5, 0.6) is 0 Å². The molecule has 0 spiro atoms. The van der Waals surface area contributed by atoms with Crippen LogP contribution in [0.1, 0.15) is 25.7 Å². The molecule has 0 unspecified atom stereocenters. The molecule has 1 aliphatic heterocycles. The van der Waals surface area contributed by atoms with E-state index in [9.17, 15) is 0 Å². The third kappa shape index (κ3) is 1.29. The molecule has 0 N–H and O–H groups in total. The lowest BCUT2D eigenvalue weighted by molar-refractivity contribution is 0.886. The highest BCUT2D eigenvalue weighted by Crippen LogP contribution is 2.68. The van der Waals surface area contributed by atoms with Gasteiger partial charge in [-0.2, -0.15) is 0 Å². The van der Waals surface area contributed by atoms with Crippen LogP contribution in [0.3, 0.4) is 0 Å². The number of allylic oxidation sites excluding steroid dienone is 2. The van der Waals surface area contributed by atoms with Crippen LogP contribution in [-0.4, -0.2) is 12.3 Å². The van der Waals surface area contributed by atoms with E-state index < -0.39 is 7.26 Å². The van der Waals surface area contributed by atoms with Crippen LogP contribution < -0.4 is 0 Å². The second-order valence-corrected chi connectivity index (χ2v) is 7.61. The standard InChI is InChI=1S/C10H16P/c1-11(8-4-5-9-11)10-6-2-3-7-10/h4-5,8-10H,2-3,6-7H2,1H3/q+1. The number of hydrogen-bond acceptors (Lipinski definition) is 0. The van der Waals surface area contributed by atoms with E-state index in [1.54, 1.807) is 0 Å². The van der Waals surface area contributed by atoms with Crippen molar-refractivity contribution in [2.75, 3.05) is 6.66 Å². The maximum absolute atomic E-state index is 2.48. The minimum absolute atomic E-state index is 0.729. The fourth-order valence-corrected chi connectivity index (χ4v) is 5.23. The smallest absolute Gasteiger partial charge is 0.0494 e. The highest BCUT2D eigenvalue weighted by Gasteiger charge is 2.39. The molecule has 0 aromatic heterocycles. The Labute approximate surface area is 69.7 Å². The molecular formula is C10H16P+. The molecule has 0 radical (unpaired) electrons. The van der Waals surface area contributed by atoms with Gasteiger partial charge >= 0.3 is 0 Å². The topological polar surface area (TPSA) is 0 Å². The van der Waals surface area contributed by atoms with Gasteiger partial charge in [0.2, 0.25) is 0 Å². The SMILES string of the molecule is C[P+]1(C2CCCC2)C=CC=C1. The van der Waals surface area contributed by atoms with Crippen LogP contribution >= 0.6 is 7.26 Å². The summed E-state index contributed by atoms with van der Waals surface area (Å²) in [4.78, 5) is 0. The molecule has 0 aromatic rings. The molecule has 2 rings (SSSR count). The van der Waals surface area contributed by atoms with Gasteiger partial charge in [0.05, 0.1) is 31.2 Å². The van der Waals surface area contributed by atoms with Crippen molar-refractivity contribution in [3.63, 3.8) is 0 Å². The minimum Gasteiger partial charge on any atom is -0.0494 e. The van der Waals surface area contributed by atoms with Crippen molar-refractivity contribution in [2.24, 2.45) is 0 Å². The second-order valence-electron chi connectivity index (χ2n) is 3.84. The summed E-state index contributed by atoms with van der Waals surface area (Å²) >= 11 is 0. The molecule has 11 heavy (non-hydrogen) atoms. The molecule has 60 valence electrons. The first-order valence-corrected chi connectivity index (χ1v) is 6.98. The molecular weight excluding hydrogens is 151 g/mol. The molecule has 1 aliphatic carbocycles. The average molecular weight is 167 g/mol. The van der Waals surface area contributed by atoms with E-state index in [2.05, 4.69) is 30.5 Å². The maximum Gasteiger partial charge on any atom is 0.0777 e. The second kappa shape index (κ2) is 2.75. The molecule has 0 atom stereocenters. The Bertz CT molecular complexity index is 185. The van der Waals surface area contributed by atoms with Gasteiger partial charge in [0, 0.05) is 0 Å². The molecule has 0 nitrogen and oxygen atoms in total. The predicted octanol–water partition coefficient (Wildman–Crippen LogP) is 3.62. The van der Waals surface area contributed by atoms with Crippen LogP contribution in [0, 0.1) is 0 Å². The fourth-order valence-electron chi connectivity index (χ4n) is 2.22. The normalized spacial score (nSPS) is 28.5. The Balaban J connectivity index is 2.13. The Morgan fingerprint density at radius 1 is 1.09 bits per heavy atom. The van der Waals surface area contributed by atoms with Crippen LogP contribution in [0.4, 0.5) is 0 Å². The zero-order valence-corrected chi connectivity index (χ0v) is 8.06. The van der Waals surface area contributed by atoms with Gasteiger partial charge in [-0.25, -0.2) is 0 Å². The summed E-state index contributed by atoms with van der Waals surface area (Å²) in [7, 11) is -0.729. The van der Waals surface area contributed by atoms with Gasteiger partial charge < -0.3 is 0 Å². The lowest BCUT2D eigenvalue weighted by Gasteiger charge is -2.18. The summed E-state index contributed by atoms with van der Waals surface area (Å²) in [6, 6.07) is 0.